The highest BCUT2D eigenvalue weighted by Crippen LogP contribution is 2.41. The summed E-state index contributed by atoms with van der Waals surface area (Å²) in [5.41, 5.74) is 7.39. The lowest BCUT2D eigenvalue weighted by Crippen LogP contribution is -2.41. The standard InChI is InChI=1S/C11H15Cl.C11H16.C10H15NO.C9H15NO.C9H13NO.C8H12O3.2C6H13NO2/c1-8-5-6-9(7-10(8)12)11(2,3)4;1-9-5-7-10(8-6-9)11(2,3)4;1-8-5-6-11(7-9(8)12)10(2,3)4;2*1-6-5-7(8(11)10-6)9(2,3)4;1-8(2,3)4-5(9)7(11)6(4)10;1-6(2,3)5(8)7(4)9;1-5(8)7(9)6(2,3)4/h5-7H,1-4H3;5-8H,1-4H3;5-7,12H,1H2,2-4H3;7H,1,5H2,2-4H3,(H,10,11);5H,1H2,2-4H3,(H,10,11);4,9,11H,1-3H3;2*9H,1-4H3. The van der Waals surface area contributed by atoms with E-state index in [-0.39, 0.29) is 79.5 Å². The van der Waals surface area contributed by atoms with Crippen molar-refractivity contribution in [2.24, 2.45) is 33.5 Å². The fourth-order valence-corrected chi connectivity index (χ4v) is 7.83. The van der Waals surface area contributed by atoms with Gasteiger partial charge in [0.15, 0.2) is 5.76 Å². The van der Waals surface area contributed by atoms with E-state index < -0.39 is 22.6 Å². The molecule has 2 atom stereocenters. The van der Waals surface area contributed by atoms with Crippen LogP contribution in [0.15, 0.2) is 127 Å². The molecule has 4 amide bonds. The molecule has 15 nitrogen and oxygen atoms in total. The van der Waals surface area contributed by atoms with Crippen molar-refractivity contribution in [3.63, 3.8) is 0 Å². The third-order valence-electron chi connectivity index (χ3n) is 13.3. The number of halogens is 1. The van der Waals surface area contributed by atoms with Crippen LogP contribution in [0.5, 0.6) is 0 Å². The van der Waals surface area contributed by atoms with Gasteiger partial charge in [-0.2, -0.15) is 0 Å². The van der Waals surface area contributed by atoms with E-state index in [1.807, 2.05) is 65.6 Å². The van der Waals surface area contributed by atoms with Gasteiger partial charge in [0.05, 0.1) is 11.5 Å². The molecule has 4 aliphatic rings. The minimum absolute atomic E-state index is 0.00514. The van der Waals surface area contributed by atoms with Crippen LogP contribution >= 0.6 is 11.6 Å². The molecule has 1 aliphatic carbocycles. The number of aryl methyl sites for hydroxylation is 2. The van der Waals surface area contributed by atoms with Gasteiger partial charge in [0.1, 0.15) is 11.5 Å². The average Bonchev–Trinajstić information content (AvgIpc) is 3.94. The smallest absolute Gasteiger partial charge is 0.252 e. The molecule has 16 heteroatoms. The molecule has 3 heterocycles. The number of ketones is 1. The van der Waals surface area contributed by atoms with Gasteiger partial charge in [-0.25, -0.2) is 10.1 Å². The van der Waals surface area contributed by atoms with Crippen molar-refractivity contribution in [3.05, 3.63) is 154 Å². The number of hydroxylamine groups is 4. The predicted molar refractivity (Wildman–Crippen MR) is 353 cm³/mol. The quantitative estimate of drug-likeness (QED) is 0.0971. The maximum Gasteiger partial charge on any atom is 0.252 e. The van der Waals surface area contributed by atoms with Crippen LogP contribution in [0.4, 0.5) is 0 Å². The minimum Gasteiger partial charge on any atom is -0.508 e. The van der Waals surface area contributed by atoms with E-state index in [0.717, 1.165) is 28.3 Å². The van der Waals surface area contributed by atoms with Gasteiger partial charge in [-0.15, -0.1) is 0 Å². The number of allylic oxidation sites excluding steroid dienone is 5. The average molecular weight is 1220 g/mol. The summed E-state index contributed by atoms with van der Waals surface area (Å²) in [6, 6.07) is 15.0. The van der Waals surface area contributed by atoms with Gasteiger partial charge in [-0.3, -0.25) is 34.4 Å². The lowest BCUT2D eigenvalue weighted by Gasteiger charge is -2.34. The van der Waals surface area contributed by atoms with Crippen LogP contribution in [0, 0.1) is 47.3 Å². The monoisotopic (exact) mass is 1220 g/mol. The lowest BCUT2D eigenvalue weighted by atomic mass is 9.70. The maximum absolute atomic E-state index is 11.3. The van der Waals surface area contributed by atoms with Gasteiger partial charge >= 0.3 is 0 Å². The summed E-state index contributed by atoms with van der Waals surface area (Å²) in [7, 11) is 1.33. The van der Waals surface area contributed by atoms with Crippen LogP contribution in [0.3, 0.4) is 0 Å². The fraction of sp³-hybridized carbons (Fsp3) is 0.557. The zero-order valence-corrected chi connectivity index (χ0v) is 58.6. The van der Waals surface area contributed by atoms with E-state index in [2.05, 4.69) is 163 Å². The number of amides is 4. The second-order valence-corrected chi connectivity index (χ2v) is 30.7. The third-order valence-corrected chi connectivity index (χ3v) is 13.7. The van der Waals surface area contributed by atoms with Crippen molar-refractivity contribution < 1.29 is 49.7 Å². The van der Waals surface area contributed by atoms with Crippen LogP contribution in [-0.2, 0) is 34.8 Å². The van der Waals surface area contributed by atoms with E-state index in [0.29, 0.717) is 21.4 Å². The van der Waals surface area contributed by atoms with Gasteiger partial charge in [0, 0.05) is 70.8 Å². The topological polar surface area (TPSA) is 220 Å². The van der Waals surface area contributed by atoms with Crippen molar-refractivity contribution >= 4 is 41.0 Å². The molecule has 2 aromatic rings. The number of benzene rings is 2. The number of nitrogens with one attached hydrogen (secondary N) is 2. The number of Topliss-reactive ketones (excluding diaryl/α,β-unsaturated/α-hetero) is 1. The van der Waals surface area contributed by atoms with Gasteiger partial charge in [0.25, 0.3) is 11.8 Å². The first-order valence-electron chi connectivity index (χ1n) is 29.0. The SMILES string of the molecule is C=C1C=C(C(C)(C)C)C(=O)N1.C=C1C=CN(C(C)(C)C)C=C1O.C=C1CC(C(C)(C)C)C(=O)N1.CC(=O)N(O)C(C)(C)C.CC(C)(C)C1C(=O)C(O)=C1O.CN(O)C(=O)C(C)(C)C.Cc1ccc(C(C)(C)C)cc1.Cc1ccc(C(C)(C)C)cc1Cl. The highest BCUT2D eigenvalue weighted by molar-refractivity contribution is 6.31. The van der Waals surface area contributed by atoms with Gasteiger partial charge < -0.3 is 30.9 Å². The molecule has 0 bridgehead atoms. The molecule has 0 spiro atoms. The Morgan fingerprint density at radius 2 is 1.14 bits per heavy atom. The number of aliphatic hydroxyl groups excluding tert-OH is 3. The molecular formula is C70H112ClN5O10. The molecule has 484 valence electrons. The van der Waals surface area contributed by atoms with E-state index in [1.165, 1.54) is 30.7 Å². The minimum atomic E-state index is -0.512. The Bertz CT molecular complexity index is 2810. The normalized spacial score (nSPS) is 16.8. The van der Waals surface area contributed by atoms with Gasteiger partial charge in [-0.05, 0) is 124 Å². The highest BCUT2D eigenvalue weighted by atomic mass is 35.5. The van der Waals surface area contributed by atoms with Gasteiger partial charge in [-0.1, -0.05) is 198 Å². The molecule has 0 saturated carbocycles. The summed E-state index contributed by atoms with van der Waals surface area (Å²) in [5, 5.41) is 52.4. The highest BCUT2D eigenvalue weighted by Gasteiger charge is 2.47. The first-order valence-corrected chi connectivity index (χ1v) is 29.3. The third kappa shape index (κ3) is 28.8. The second-order valence-electron chi connectivity index (χ2n) is 30.2. The Labute approximate surface area is 523 Å². The van der Waals surface area contributed by atoms with Gasteiger partial charge in [0.2, 0.25) is 17.6 Å². The van der Waals surface area contributed by atoms with E-state index in [9.17, 15) is 29.1 Å². The Balaban J connectivity index is 0. The Morgan fingerprint density at radius 1 is 0.674 bits per heavy atom. The van der Waals surface area contributed by atoms with E-state index >= 15 is 0 Å². The number of rotatable bonds is 0. The molecule has 0 radical (unpaired) electrons. The Morgan fingerprint density at radius 3 is 1.37 bits per heavy atom. The number of nitrogens with zero attached hydrogens (tertiary/aromatic N) is 3. The summed E-state index contributed by atoms with van der Waals surface area (Å²) >= 11 is 6.02. The number of hydrogen-bond acceptors (Lipinski definition) is 11. The summed E-state index contributed by atoms with van der Waals surface area (Å²) in [6.07, 6.45) is 8.02. The summed E-state index contributed by atoms with van der Waals surface area (Å²) in [4.78, 5) is 56.7. The summed E-state index contributed by atoms with van der Waals surface area (Å²) in [6.45, 7) is 64.4. The van der Waals surface area contributed by atoms with Crippen molar-refractivity contribution in [2.45, 2.75) is 215 Å². The molecule has 6 rings (SSSR count). The van der Waals surface area contributed by atoms with E-state index in [1.54, 1.807) is 53.8 Å². The number of carbonyl (C=O) groups is 5. The second kappa shape index (κ2) is 32.0. The molecule has 2 aromatic carbocycles. The Kier molecular flexibility index (Phi) is 30.4. The summed E-state index contributed by atoms with van der Waals surface area (Å²) in [5.74, 6) is -1.64. The molecule has 2 unspecified atom stereocenters. The first kappa shape index (κ1) is 81.6. The Hall–Kier alpha value is -6.42. The largest absolute Gasteiger partial charge is 0.508 e. The lowest BCUT2D eigenvalue weighted by molar-refractivity contribution is -0.184. The van der Waals surface area contributed by atoms with Crippen LogP contribution in [-0.4, -0.2) is 88.3 Å². The predicted octanol–water partition coefficient (Wildman–Crippen LogP) is 16.6. The van der Waals surface area contributed by atoms with Crippen molar-refractivity contribution in [1.82, 2.24) is 25.7 Å². The maximum atomic E-state index is 11.3. The van der Waals surface area contributed by atoms with Crippen molar-refractivity contribution in [1.29, 1.82) is 0 Å². The molecule has 1 saturated heterocycles. The van der Waals surface area contributed by atoms with Crippen LogP contribution in [0.25, 0.3) is 0 Å². The zero-order chi connectivity index (χ0) is 68.6. The van der Waals surface area contributed by atoms with Crippen molar-refractivity contribution in [3.8, 4) is 0 Å². The van der Waals surface area contributed by atoms with Crippen LogP contribution in [0.1, 0.15) is 202 Å². The molecule has 7 N–H and O–H groups in total. The fourth-order valence-electron chi connectivity index (χ4n) is 7.65. The molecule has 1 fully saturated rings. The molecule has 3 aliphatic heterocycles. The summed E-state index contributed by atoms with van der Waals surface area (Å²) < 4.78 is 0. The van der Waals surface area contributed by atoms with Crippen LogP contribution in [0.2, 0.25) is 5.02 Å². The molecule has 86 heavy (non-hydrogen) atoms. The number of carbonyl (C=O) groups excluding carboxylic acids is 5. The van der Waals surface area contributed by atoms with Crippen LogP contribution < -0.4 is 10.6 Å². The number of hydrogen-bond donors (Lipinski definition) is 7. The molecule has 0 aromatic heterocycles. The number of aliphatic hydroxyl groups is 3. The zero-order valence-electron chi connectivity index (χ0n) is 57.8. The first-order chi connectivity index (χ1) is 38.2. The van der Waals surface area contributed by atoms with Crippen molar-refractivity contribution in [2.75, 3.05) is 7.05 Å². The van der Waals surface area contributed by atoms with E-state index in [4.69, 9.17) is 32.2 Å². The molecular weight excluding hydrogens is 1110 g/mol.